The Labute approximate surface area is 98.5 Å². The second kappa shape index (κ2) is 5.77. The number of hydrogen-bond donors (Lipinski definition) is 0. The van der Waals surface area contributed by atoms with Crippen LogP contribution in [-0.2, 0) is 15.6 Å². The van der Waals surface area contributed by atoms with E-state index in [0.717, 1.165) is 24.5 Å². The van der Waals surface area contributed by atoms with E-state index in [1.54, 1.807) is 4.57 Å². The van der Waals surface area contributed by atoms with Crippen LogP contribution in [0, 0.1) is 0 Å². The molecular weight excluding hydrogens is 256 g/mol. The maximum Gasteiger partial charge on any atom is 0.280 e. The molecule has 86 valence electrons. The predicted octanol–water partition coefficient (Wildman–Crippen LogP) is 1.95. The first-order valence-electron chi connectivity index (χ1n) is 4.58. The van der Waals surface area contributed by atoms with E-state index in [1.807, 2.05) is 11.8 Å². The second-order valence-corrected chi connectivity index (χ2v) is 6.84. The minimum Gasteiger partial charge on any atom is -0.336 e. The van der Waals surface area contributed by atoms with Crippen molar-refractivity contribution in [3.8, 4) is 0 Å². The Morgan fingerprint density at radius 1 is 1.60 bits per heavy atom. The third kappa shape index (κ3) is 4.44. The molecule has 0 radical (unpaired) electrons. The highest BCUT2D eigenvalue weighted by atomic mass is 35.7. The van der Waals surface area contributed by atoms with Crippen LogP contribution in [0.4, 0.5) is 0 Å². The Bertz CT molecular complexity index is 403. The average Bonchev–Trinajstić information content (AvgIpc) is 2.60. The lowest BCUT2D eigenvalue weighted by atomic mass is 10.5. The van der Waals surface area contributed by atoms with Gasteiger partial charge in [0.05, 0.1) is 6.33 Å². The van der Waals surface area contributed by atoms with Gasteiger partial charge in [0.15, 0.2) is 5.03 Å². The molecular formula is C8H13ClN2O2S2. The van der Waals surface area contributed by atoms with Crippen molar-refractivity contribution in [2.24, 2.45) is 0 Å². The Morgan fingerprint density at radius 2 is 2.33 bits per heavy atom. The second-order valence-electron chi connectivity index (χ2n) is 2.94. The number of aromatic nitrogens is 2. The largest absolute Gasteiger partial charge is 0.336 e. The summed E-state index contributed by atoms with van der Waals surface area (Å²) in [4.78, 5) is 3.72. The van der Waals surface area contributed by atoms with Gasteiger partial charge in [-0.25, -0.2) is 13.4 Å². The number of aryl methyl sites for hydroxylation is 1. The van der Waals surface area contributed by atoms with Gasteiger partial charge in [0.25, 0.3) is 9.05 Å². The lowest BCUT2D eigenvalue weighted by molar-refractivity contribution is 0.606. The van der Waals surface area contributed by atoms with Crippen LogP contribution in [0.15, 0.2) is 17.6 Å². The minimum atomic E-state index is -3.68. The number of hydrogen-bond acceptors (Lipinski definition) is 4. The third-order valence-corrected chi connectivity index (χ3v) is 3.94. The summed E-state index contributed by atoms with van der Waals surface area (Å²) in [6, 6.07) is 0. The topological polar surface area (TPSA) is 52.0 Å². The van der Waals surface area contributed by atoms with Gasteiger partial charge in [0, 0.05) is 23.4 Å². The summed E-state index contributed by atoms with van der Waals surface area (Å²) in [5.41, 5.74) is 0. The zero-order chi connectivity index (χ0) is 11.3. The van der Waals surface area contributed by atoms with E-state index < -0.39 is 9.05 Å². The SMILES string of the molecule is CCSCCCn1cnc(S(=O)(=O)Cl)c1. The first-order valence-corrected chi connectivity index (χ1v) is 8.04. The molecule has 0 aliphatic carbocycles. The quantitative estimate of drug-likeness (QED) is 0.585. The first-order chi connectivity index (χ1) is 7.04. The van der Waals surface area contributed by atoms with Crippen molar-refractivity contribution in [3.63, 3.8) is 0 Å². The summed E-state index contributed by atoms with van der Waals surface area (Å²) in [6.07, 6.45) is 3.95. The van der Waals surface area contributed by atoms with E-state index in [-0.39, 0.29) is 5.03 Å². The highest BCUT2D eigenvalue weighted by molar-refractivity contribution is 8.13. The molecule has 0 N–H and O–H groups in total. The number of nitrogens with zero attached hydrogens (tertiary/aromatic N) is 2. The van der Waals surface area contributed by atoms with Gasteiger partial charge >= 0.3 is 0 Å². The molecule has 1 heterocycles. The highest BCUT2D eigenvalue weighted by Crippen LogP contribution is 2.12. The monoisotopic (exact) mass is 268 g/mol. The van der Waals surface area contributed by atoms with Crippen LogP contribution in [0.1, 0.15) is 13.3 Å². The van der Waals surface area contributed by atoms with Gasteiger partial charge in [-0.15, -0.1) is 0 Å². The minimum absolute atomic E-state index is 0.0766. The Kier molecular flexibility index (Phi) is 4.95. The van der Waals surface area contributed by atoms with Crippen molar-refractivity contribution in [1.82, 2.24) is 9.55 Å². The van der Waals surface area contributed by atoms with Gasteiger partial charge in [-0.2, -0.15) is 11.8 Å². The molecule has 0 bridgehead atoms. The normalized spacial score (nSPS) is 11.9. The lowest BCUT2D eigenvalue weighted by Crippen LogP contribution is -1.96. The maximum atomic E-state index is 10.9. The summed E-state index contributed by atoms with van der Waals surface area (Å²) in [5.74, 6) is 2.17. The maximum absolute atomic E-state index is 10.9. The molecule has 0 aromatic carbocycles. The molecule has 0 fully saturated rings. The Morgan fingerprint density at radius 3 is 2.87 bits per heavy atom. The van der Waals surface area contributed by atoms with Crippen molar-refractivity contribution >= 4 is 31.5 Å². The van der Waals surface area contributed by atoms with Gasteiger partial charge in [-0.1, -0.05) is 6.92 Å². The van der Waals surface area contributed by atoms with Gasteiger partial charge < -0.3 is 4.57 Å². The molecule has 15 heavy (non-hydrogen) atoms. The summed E-state index contributed by atoms with van der Waals surface area (Å²) in [6.45, 7) is 2.88. The molecule has 0 aliphatic rings. The molecule has 1 rings (SSSR count). The summed E-state index contributed by atoms with van der Waals surface area (Å²) in [5, 5.41) is -0.0766. The van der Waals surface area contributed by atoms with E-state index in [4.69, 9.17) is 10.7 Å². The number of rotatable bonds is 6. The van der Waals surface area contributed by atoms with Crippen LogP contribution in [0.5, 0.6) is 0 Å². The molecule has 0 aliphatic heterocycles. The molecule has 0 unspecified atom stereocenters. The molecule has 0 saturated carbocycles. The van der Waals surface area contributed by atoms with E-state index >= 15 is 0 Å². The van der Waals surface area contributed by atoms with Crippen molar-refractivity contribution in [2.75, 3.05) is 11.5 Å². The summed E-state index contributed by atoms with van der Waals surface area (Å²) < 4.78 is 23.6. The number of halogens is 1. The fourth-order valence-corrected chi connectivity index (χ4v) is 2.38. The Hall–Kier alpha value is -0.200. The zero-order valence-electron chi connectivity index (χ0n) is 8.39. The fraction of sp³-hybridized carbons (Fsp3) is 0.625. The summed E-state index contributed by atoms with van der Waals surface area (Å²) in [7, 11) is 1.47. The van der Waals surface area contributed by atoms with Gasteiger partial charge in [-0.05, 0) is 17.9 Å². The number of thioether (sulfide) groups is 1. The smallest absolute Gasteiger partial charge is 0.280 e. The lowest BCUT2D eigenvalue weighted by Gasteiger charge is -2.00. The van der Waals surface area contributed by atoms with Crippen LogP contribution in [0.2, 0.25) is 0 Å². The molecule has 0 atom stereocenters. The molecule has 4 nitrogen and oxygen atoms in total. The molecule has 0 saturated heterocycles. The van der Waals surface area contributed by atoms with E-state index in [9.17, 15) is 8.42 Å². The van der Waals surface area contributed by atoms with Crippen molar-refractivity contribution in [1.29, 1.82) is 0 Å². The van der Waals surface area contributed by atoms with E-state index in [0.29, 0.717) is 0 Å². The van der Waals surface area contributed by atoms with Crippen LogP contribution in [0.25, 0.3) is 0 Å². The van der Waals surface area contributed by atoms with Gasteiger partial charge in [-0.3, -0.25) is 0 Å². The van der Waals surface area contributed by atoms with Crippen molar-refractivity contribution < 1.29 is 8.42 Å². The standard InChI is InChI=1S/C8H13ClN2O2S2/c1-2-14-5-3-4-11-6-8(10-7-11)15(9,12)13/h6-7H,2-5H2,1H3. The van der Waals surface area contributed by atoms with Gasteiger partial charge in [0.1, 0.15) is 0 Å². The first kappa shape index (κ1) is 12.9. The fourth-order valence-electron chi connectivity index (χ4n) is 1.08. The Balaban J connectivity index is 2.47. The molecule has 7 heteroatoms. The van der Waals surface area contributed by atoms with Crippen LogP contribution < -0.4 is 0 Å². The third-order valence-electron chi connectivity index (χ3n) is 1.77. The predicted molar refractivity (Wildman–Crippen MR) is 62.9 cm³/mol. The summed E-state index contributed by atoms with van der Waals surface area (Å²) >= 11 is 1.86. The van der Waals surface area contributed by atoms with Crippen LogP contribution in [0.3, 0.4) is 0 Å². The molecule has 0 spiro atoms. The zero-order valence-corrected chi connectivity index (χ0v) is 10.8. The van der Waals surface area contributed by atoms with Crippen LogP contribution in [-0.4, -0.2) is 29.5 Å². The molecule has 0 amide bonds. The van der Waals surface area contributed by atoms with E-state index in [1.165, 1.54) is 12.5 Å². The van der Waals surface area contributed by atoms with Crippen molar-refractivity contribution in [2.45, 2.75) is 24.9 Å². The van der Waals surface area contributed by atoms with Gasteiger partial charge in [0.2, 0.25) is 0 Å². The van der Waals surface area contributed by atoms with Crippen LogP contribution >= 0.6 is 22.4 Å². The number of imidazole rings is 1. The average molecular weight is 269 g/mol. The molecule has 1 aromatic heterocycles. The van der Waals surface area contributed by atoms with Crippen molar-refractivity contribution in [3.05, 3.63) is 12.5 Å². The highest BCUT2D eigenvalue weighted by Gasteiger charge is 2.12. The molecule has 1 aromatic rings. The van der Waals surface area contributed by atoms with E-state index in [2.05, 4.69) is 11.9 Å².